The zero-order valence-corrected chi connectivity index (χ0v) is 6.59. The molecule has 2 atom stereocenters. The molecule has 0 radical (unpaired) electrons. The van der Waals surface area contributed by atoms with Crippen LogP contribution in [0.2, 0.25) is 0 Å². The SMILES string of the molecule is [NH3+][C@H]1Cc2ccccc2[C@@H]1[NH3+]. The Hall–Kier alpha value is -0.860. The van der Waals surface area contributed by atoms with Crippen molar-refractivity contribution >= 4 is 0 Å². The minimum Gasteiger partial charge on any atom is -0.350 e. The summed E-state index contributed by atoms with van der Waals surface area (Å²) < 4.78 is 0. The third-order valence-corrected chi connectivity index (χ3v) is 2.51. The monoisotopic (exact) mass is 150 g/mol. The Balaban J connectivity index is 2.47. The van der Waals surface area contributed by atoms with Crippen molar-refractivity contribution < 1.29 is 11.5 Å². The van der Waals surface area contributed by atoms with Crippen molar-refractivity contribution in [3.63, 3.8) is 0 Å². The number of benzene rings is 1. The standard InChI is InChI=1S/C9H12N2/c10-8-5-6-3-1-2-4-7(6)9(8)11/h1-4,8-9H,5,10-11H2/p+2/t8-,9-/m0/s1. The summed E-state index contributed by atoms with van der Waals surface area (Å²) in [6, 6.07) is 9.40. The lowest BCUT2D eigenvalue weighted by Gasteiger charge is -2.01. The Morgan fingerprint density at radius 1 is 1.18 bits per heavy atom. The maximum absolute atomic E-state index is 4.10. The predicted octanol–water partition coefficient (Wildman–Crippen LogP) is -0.864. The zero-order chi connectivity index (χ0) is 7.84. The van der Waals surface area contributed by atoms with E-state index in [4.69, 9.17) is 0 Å². The lowest BCUT2D eigenvalue weighted by Crippen LogP contribution is -2.73. The quantitative estimate of drug-likeness (QED) is 0.483. The summed E-state index contributed by atoms with van der Waals surface area (Å²) in [5.41, 5.74) is 11.0. The first-order chi connectivity index (χ1) is 5.29. The number of quaternary nitrogens is 2. The average Bonchev–Trinajstić information content (AvgIpc) is 2.30. The molecule has 2 heteroatoms. The summed E-state index contributed by atoms with van der Waals surface area (Å²) in [5, 5.41) is 0. The van der Waals surface area contributed by atoms with E-state index in [-0.39, 0.29) is 0 Å². The fourth-order valence-electron chi connectivity index (χ4n) is 1.76. The highest BCUT2D eigenvalue weighted by Crippen LogP contribution is 2.25. The van der Waals surface area contributed by atoms with Gasteiger partial charge in [0.05, 0.1) is 0 Å². The van der Waals surface area contributed by atoms with Gasteiger partial charge in [0.1, 0.15) is 6.04 Å². The van der Waals surface area contributed by atoms with Gasteiger partial charge >= 0.3 is 0 Å². The van der Waals surface area contributed by atoms with Crippen molar-refractivity contribution in [2.75, 3.05) is 0 Å². The first-order valence-electron chi connectivity index (χ1n) is 4.03. The lowest BCUT2D eigenvalue weighted by molar-refractivity contribution is -0.529. The maximum atomic E-state index is 4.10. The van der Waals surface area contributed by atoms with Crippen molar-refractivity contribution in [3.8, 4) is 0 Å². The predicted molar refractivity (Wildman–Crippen MR) is 42.5 cm³/mol. The van der Waals surface area contributed by atoms with Crippen LogP contribution in [0, 0.1) is 0 Å². The molecule has 0 spiro atoms. The molecule has 6 N–H and O–H groups in total. The Morgan fingerprint density at radius 3 is 2.64 bits per heavy atom. The first-order valence-corrected chi connectivity index (χ1v) is 4.03. The Bertz CT molecular complexity index is 270. The van der Waals surface area contributed by atoms with Crippen LogP contribution in [0.5, 0.6) is 0 Å². The van der Waals surface area contributed by atoms with Crippen LogP contribution in [0.1, 0.15) is 17.2 Å². The highest BCUT2D eigenvalue weighted by atomic mass is 14.8. The molecule has 0 saturated carbocycles. The molecule has 0 heterocycles. The Labute approximate surface area is 66.2 Å². The minimum absolute atomic E-state index is 0.409. The molecular weight excluding hydrogens is 136 g/mol. The van der Waals surface area contributed by atoms with Gasteiger partial charge < -0.3 is 11.5 Å². The van der Waals surface area contributed by atoms with Crippen LogP contribution in [0.3, 0.4) is 0 Å². The fraction of sp³-hybridized carbons (Fsp3) is 0.333. The highest BCUT2D eigenvalue weighted by molar-refractivity contribution is 5.34. The molecule has 0 amide bonds. The second kappa shape index (κ2) is 2.32. The molecule has 2 rings (SSSR count). The van der Waals surface area contributed by atoms with Gasteiger partial charge in [0.15, 0.2) is 6.04 Å². The van der Waals surface area contributed by atoms with Gasteiger partial charge in [0.25, 0.3) is 0 Å². The lowest BCUT2D eigenvalue weighted by atomic mass is 10.1. The van der Waals surface area contributed by atoms with Gasteiger partial charge in [0.2, 0.25) is 0 Å². The fourth-order valence-corrected chi connectivity index (χ4v) is 1.76. The van der Waals surface area contributed by atoms with Gasteiger partial charge in [-0.15, -0.1) is 0 Å². The number of hydrogen-bond acceptors (Lipinski definition) is 0. The molecule has 0 aromatic heterocycles. The van der Waals surface area contributed by atoms with Gasteiger partial charge in [-0.1, -0.05) is 24.3 Å². The second-order valence-electron chi connectivity index (χ2n) is 3.27. The summed E-state index contributed by atoms with van der Waals surface area (Å²) >= 11 is 0. The first kappa shape index (κ1) is 6.83. The second-order valence-corrected chi connectivity index (χ2v) is 3.27. The third kappa shape index (κ3) is 0.951. The molecule has 1 aromatic carbocycles. The molecule has 1 aromatic rings. The number of hydrogen-bond donors (Lipinski definition) is 2. The van der Waals surface area contributed by atoms with Gasteiger partial charge in [0, 0.05) is 12.0 Å². The molecule has 0 aliphatic heterocycles. The van der Waals surface area contributed by atoms with Crippen LogP contribution >= 0.6 is 0 Å². The highest BCUT2D eigenvalue weighted by Gasteiger charge is 2.31. The number of fused-ring (bicyclic) bond motifs is 1. The molecule has 1 aliphatic carbocycles. The molecule has 58 valence electrons. The van der Waals surface area contributed by atoms with Crippen molar-refractivity contribution in [1.82, 2.24) is 0 Å². The van der Waals surface area contributed by atoms with E-state index < -0.39 is 0 Å². The summed E-state index contributed by atoms with van der Waals surface area (Å²) in [6.07, 6.45) is 1.10. The van der Waals surface area contributed by atoms with Crippen molar-refractivity contribution in [1.29, 1.82) is 0 Å². The van der Waals surface area contributed by atoms with Gasteiger partial charge in [-0.2, -0.15) is 0 Å². The van der Waals surface area contributed by atoms with Gasteiger partial charge in [-0.3, -0.25) is 0 Å². The van der Waals surface area contributed by atoms with Gasteiger partial charge in [-0.25, -0.2) is 0 Å². The van der Waals surface area contributed by atoms with Gasteiger partial charge in [-0.05, 0) is 5.56 Å². The van der Waals surface area contributed by atoms with Crippen LogP contribution in [0.15, 0.2) is 24.3 Å². The molecular formula is C9H14N2+2. The van der Waals surface area contributed by atoms with Crippen molar-refractivity contribution in [2.45, 2.75) is 18.5 Å². The number of rotatable bonds is 0. The van der Waals surface area contributed by atoms with Crippen LogP contribution in [-0.2, 0) is 6.42 Å². The Kier molecular flexibility index (Phi) is 1.44. The molecule has 0 unspecified atom stereocenters. The largest absolute Gasteiger partial charge is 0.350 e. The molecule has 0 fully saturated rings. The summed E-state index contributed by atoms with van der Waals surface area (Å²) in [6.45, 7) is 0. The third-order valence-electron chi connectivity index (χ3n) is 2.51. The van der Waals surface area contributed by atoms with E-state index in [0.717, 1.165) is 6.42 Å². The molecule has 1 aliphatic rings. The normalized spacial score (nSPS) is 28.5. The summed E-state index contributed by atoms with van der Waals surface area (Å²) in [7, 11) is 0. The summed E-state index contributed by atoms with van der Waals surface area (Å²) in [4.78, 5) is 0. The van der Waals surface area contributed by atoms with E-state index in [0.29, 0.717) is 12.1 Å². The van der Waals surface area contributed by atoms with E-state index in [9.17, 15) is 0 Å². The molecule has 11 heavy (non-hydrogen) atoms. The minimum atomic E-state index is 0.409. The summed E-state index contributed by atoms with van der Waals surface area (Å²) in [5.74, 6) is 0. The van der Waals surface area contributed by atoms with Crippen molar-refractivity contribution in [3.05, 3.63) is 35.4 Å². The van der Waals surface area contributed by atoms with E-state index in [1.54, 1.807) is 0 Å². The smallest absolute Gasteiger partial charge is 0.163 e. The molecule has 2 nitrogen and oxygen atoms in total. The van der Waals surface area contributed by atoms with Crippen LogP contribution < -0.4 is 11.5 Å². The average molecular weight is 150 g/mol. The zero-order valence-electron chi connectivity index (χ0n) is 6.59. The van der Waals surface area contributed by atoms with Crippen LogP contribution in [0.4, 0.5) is 0 Å². The molecule has 0 saturated heterocycles. The van der Waals surface area contributed by atoms with E-state index >= 15 is 0 Å². The van der Waals surface area contributed by atoms with E-state index in [1.807, 2.05) is 0 Å². The van der Waals surface area contributed by atoms with Crippen LogP contribution in [-0.4, -0.2) is 6.04 Å². The van der Waals surface area contributed by atoms with Crippen LogP contribution in [0.25, 0.3) is 0 Å². The van der Waals surface area contributed by atoms with E-state index in [2.05, 4.69) is 35.7 Å². The maximum Gasteiger partial charge on any atom is 0.163 e. The Morgan fingerprint density at radius 2 is 1.91 bits per heavy atom. The van der Waals surface area contributed by atoms with Crippen molar-refractivity contribution in [2.24, 2.45) is 0 Å². The molecule has 0 bridgehead atoms. The van der Waals surface area contributed by atoms with E-state index in [1.165, 1.54) is 11.1 Å². The topological polar surface area (TPSA) is 55.3 Å².